The second-order valence-electron chi connectivity index (χ2n) is 4.36. The van der Waals surface area contributed by atoms with E-state index >= 15 is 0 Å². The van der Waals surface area contributed by atoms with E-state index in [2.05, 4.69) is 5.10 Å². The van der Waals surface area contributed by atoms with Gasteiger partial charge in [0.1, 0.15) is 5.56 Å². The van der Waals surface area contributed by atoms with E-state index in [4.69, 9.17) is 9.47 Å². The molecule has 0 spiro atoms. The number of rotatable bonds is 2. The number of benzene rings is 1. The summed E-state index contributed by atoms with van der Waals surface area (Å²) in [6, 6.07) is 3.64. The minimum Gasteiger partial charge on any atom is -0.478 e. The van der Waals surface area contributed by atoms with Crippen LogP contribution in [-0.2, 0) is 7.05 Å². The zero-order valence-corrected chi connectivity index (χ0v) is 10.5. The molecule has 6 nitrogen and oxygen atoms in total. The first-order valence-electron chi connectivity index (χ1n) is 5.74. The zero-order valence-electron chi connectivity index (χ0n) is 10.5. The standard InChI is InChI=1S/C13H12N2O4/c1-7-3-10-11(19-6-18-10)4-8(7)12-9(13(16)17)5-14-15(12)2/h3-5H,6H2,1-2H3,(H,16,17). The number of hydrogen-bond donors (Lipinski definition) is 1. The molecule has 1 aromatic carbocycles. The molecular formula is C13H12N2O4. The van der Waals surface area contributed by atoms with Crippen molar-refractivity contribution in [1.29, 1.82) is 0 Å². The monoisotopic (exact) mass is 260 g/mol. The van der Waals surface area contributed by atoms with Gasteiger partial charge in [0.25, 0.3) is 0 Å². The molecule has 0 aliphatic carbocycles. The molecule has 0 saturated carbocycles. The second-order valence-corrected chi connectivity index (χ2v) is 4.36. The first kappa shape index (κ1) is 11.6. The number of fused-ring (bicyclic) bond motifs is 1. The highest BCUT2D eigenvalue weighted by Gasteiger charge is 2.22. The van der Waals surface area contributed by atoms with Gasteiger partial charge >= 0.3 is 5.97 Å². The number of carboxylic acids is 1. The predicted molar refractivity (Wildman–Crippen MR) is 66.5 cm³/mol. The van der Waals surface area contributed by atoms with Crippen molar-refractivity contribution in [3.8, 4) is 22.8 Å². The lowest BCUT2D eigenvalue weighted by Crippen LogP contribution is -2.01. The fourth-order valence-electron chi connectivity index (χ4n) is 2.21. The fourth-order valence-corrected chi connectivity index (χ4v) is 2.21. The first-order valence-corrected chi connectivity index (χ1v) is 5.74. The third-order valence-corrected chi connectivity index (χ3v) is 3.14. The van der Waals surface area contributed by atoms with Gasteiger partial charge in [0.05, 0.1) is 11.9 Å². The van der Waals surface area contributed by atoms with Gasteiger partial charge in [0.2, 0.25) is 6.79 Å². The van der Waals surface area contributed by atoms with Crippen molar-refractivity contribution in [2.24, 2.45) is 7.05 Å². The lowest BCUT2D eigenvalue weighted by Gasteiger charge is -2.09. The number of aromatic nitrogens is 2. The maximum atomic E-state index is 11.2. The normalized spacial score (nSPS) is 12.7. The van der Waals surface area contributed by atoms with Crippen LogP contribution in [-0.4, -0.2) is 27.6 Å². The molecule has 0 radical (unpaired) electrons. The Bertz CT molecular complexity index is 676. The van der Waals surface area contributed by atoms with E-state index in [-0.39, 0.29) is 12.4 Å². The Morgan fingerprint density at radius 3 is 2.74 bits per heavy atom. The number of carbonyl (C=O) groups is 1. The van der Waals surface area contributed by atoms with E-state index in [0.717, 1.165) is 11.1 Å². The van der Waals surface area contributed by atoms with Gasteiger partial charge in [0, 0.05) is 12.6 Å². The molecule has 2 aromatic rings. The summed E-state index contributed by atoms with van der Waals surface area (Å²) in [6.07, 6.45) is 1.35. The van der Waals surface area contributed by atoms with Gasteiger partial charge in [-0.1, -0.05) is 0 Å². The molecule has 1 N–H and O–H groups in total. The lowest BCUT2D eigenvalue weighted by atomic mass is 10.0. The zero-order chi connectivity index (χ0) is 13.6. The van der Waals surface area contributed by atoms with Crippen LogP contribution < -0.4 is 9.47 Å². The average Bonchev–Trinajstić information content (AvgIpc) is 2.94. The molecule has 1 aliphatic rings. The summed E-state index contributed by atoms with van der Waals surface area (Å²) in [4.78, 5) is 11.2. The molecular weight excluding hydrogens is 248 g/mol. The Labute approximate surface area is 109 Å². The van der Waals surface area contributed by atoms with Crippen LogP contribution in [0.1, 0.15) is 15.9 Å². The van der Waals surface area contributed by atoms with E-state index < -0.39 is 5.97 Å². The molecule has 0 bridgehead atoms. The Hall–Kier alpha value is -2.50. The number of aryl methyl sites for hydroxylation is 2. The van der Waals surface area contributed by atoms with Crippen molar-refractivity contribution < 1.29 is 19.4 Å². The Morgan fingerprint density at radius 2 is 2.05 bits per heavy atom. The van der Waals surface area contributed by atoms with Crippen molar-refractivity contribution in [3.63, 3.8) is 0 Å². The van der Waals surface area contributed by atoms with Crippen LogP contribution in [0.4, 0.5) is 0 Å². The molecule has 19 heavy (non-hydrogen) atoms. The third kappa shape index (κ3) is 1.72. The Morgan fingerprint density at radius 1 is 1.37 bits per heavy atom. The largest absolute Gasteiger partial charge is 0.478 e. The molecule has 98 valence electrons. The van der Waals surface area contributed by atoms with Gasteiger partial charge in [-0.3, -0.25) is 4.68 Å². The molecule has 6 heteroatoms. The summed E-state index contributed by atoms with van der Waals surface area (Å²) >= 11 is 0. The van der Waals surface area contributed by atoms with Crippen molar-refractivity contribution in [2.75, 3.05) is 6.79 Å². The molecule has 0 saturated heterocycles. The average molecular weight is 260 g/mol. The van der Waals surface area contributed by atoms with Crippen molar-refractivity contribution in [1.82, 2.24) is 9.78 Å². The molecule has 2 heterocycles. The van der Waals surface area contributed by atoms with Crippen LogP contribution in [0.15, 0.2) is 18.3 Å². The van der Waals surface area contributed by atoms with Crippen LogP contribution in [0, 0.1) is 6.92 Å². The topological polar surface area (TPSA) is 73.6 Å². The molecule has 1 aromatic heterocycles. The van der Waals surface area contributed by atoms with Gasteiger partial charge in [-0.2, -0.15) is 5.10 Å². The first-order chi connectivity index (χ1) is 9.08. The SMILES string of the molecule is Cc1cc2c(cc1-c1c(C(=O)O)cnn1C)OCO2. The van der Waals surface area contributed by atoms with Crippen LogP contribution in [0.5, 0.6) is 11.5 Å². The van der Waals surface area contributed by atoms with E-state index in [1.165, 1.54) is 6.20 Å². The number of ether oxygens (including phenoxy) is 2. The van der Waals surface area contributed by atoms with Crippen LogP contribution in [0.25, 0.3) is 11.3 Å². The summed E-state index contributed by atoms with van der Waals surface area (Å²) in [5.74, 6) is 0.304. The minimum absolute atomic E-state index is 0.171. The van der Waals surface area contributed by atoms with E-state index in [9.17, 15) is 9.90 Å². The van der Waals surface area contributed by atoms with Gasteiger partial charge in [-0.05, 0) is 24.6 Å². The van der Waals surface area contributed by atoms with Gasteiger partial charge < -0.3 is 14.6 Å². The second kappa shape index (κ2) is 4.01. The molecule has 1 aliphatic heterocycles. The lowest BCUT2D eigenvalue weighted by molar-refractivity contribution is 0.0697. The molecule has 3 rings (SSSR count). The molecule has 0 fully saturated rings. The van der Waals surface area contributed by atoms with Gasteiger partial charge in [0.15, 0.2) is 11.5 Å². The Kier molecular flexibility index (Phi) is 2.45. The Balaban J connectivity index is 2.23. The summed E-state index contributed by atoms with van der Waals surface area (Å²) in [5, 5.41) is 13.2. The summed E-state index contributed by atoms with van der Waals surface area (Å²) in [5.41, 5.74) is 2.42. The number of nitrogens with zero attached hydrogens (tertiary/aromatic N) is 2. The minimum atomic E-state index is -1.000. The summed E-state index contributed by atoms with van der Waals surface area (Å²) in [6.45, 7) is 2.09. The van der Waals surface area contributed by atoms with Crippen molar-refractivity contribution in [3.05, 3.63) is 29.5 Å². The van der Waals surface area contributed by atoms with Crippen LogP contribution in [0.2, 0.25) is 0 Å². The van der Waals surface area contributed by atoms with Gasteiger partial charge in [-0.25, -0.2) is 4.79 Å². The van der Waals surface area contributed by atoms with Gasteiger partial charge in [-0.15, -0.1) is 0 Å². The highest BCUT2D eigenvalue weighted by atomic mass is 16.7. The summed E-state index contributed by atoms with van der Waals surface area (Å²) < 4.78 is 12.2. The smallest absolute Gasteiger partial charge is 0.339 e. The van der Waals surface area contributed by atoms with Crippen LogP contribution in [0.3, 0.4) is 0 Å². The van der Waals surface area contributed by atoms with E-state index in [0.29, 0.717) is 17.2 Å². The number of hydrogen-bond acceptors (Lipinski definition) is 4. The van der Waals surface area contributed by atoms with E-state index in [1.54, 1.807) is 17.8 Å². The summed E-state index contributed by atoms with van der Waals surface area (Å²) in [7, 11) is 1.71. The maximum Gasteiger partial charge on any atom is 0.339 e. The molecule has 0 atom stereocenters. The predicted octanol–water partition coefficient (Wildman–Crippen LogP) is 1.82. The molecule has 0 amide bonds. The fraction of sp³-hybridized carbons (Fsp3) is 0.231. The highest BCUT2D eigenvalue weighted by molar-refractivity contribution is 5.95. The number of aromatic carboxylic acids is 1. The maximum absolute atomic E-state index is 11.2. The van der Waals surface area contributed by atoms with E-state index in [1.807, 2.05) is 13.0 Å². The molecule has 0 unspecified atom stereocenters. The van der Waals surface area contributed by atoms with Crippen molar-refractivity contribution >= 4 is 5.97 Å². The highest BCUT2D eigenvalue weighted by Crippen LogP contribution is 2.39. The third-order valence-electron chi connectivity index (χ3n) is 3.14. The quantitative estimate of drug-likeness (QED) is 0.891. The van der Waals surface area contributed by atoms with Crippen LogP contribution >= 0.6 is 0 Å². The number of carboxylic acid groups (broad SMARTS) is 1. The van der Waals surface area contributed by atoms with Crippen molar-refractivity contribution in [2.45, 2.75) is 6.92 Å².